The van der Waals surface area contributed by atoms with Crippen molar-refractivity contribution < 1.29 is 13.9 Å². The molecule has 26 heavy (non-hydrogen) atoms. The summed E-state index contributed by atoms with van der Waals surface area (Å²) in [7, 11) is 0. The van der Waals surface area contributed by atoms with E-state index in [0.29, 0.717) is 23.9 Å². The molecule has 0 bridgehead atoms. The molecule has 1 aromatic carbocycles. The summed E-state index contributed by atoms with van der Waals surface area (Å²) in [5.41, 5.74) is 0.561. The SMILES string of the molecule is CCCCC1CCN(CC(C)CN2C(=O)COc3ccc(F)cc32)CC1. The predicted octanol–water partition coefficient (Wildman–Crippen LogP) is 4.09. The lowest BCUT2D eigenvalue weighted by Crippen LogP contribution is -2.44. The van der Waals surface area contributed by atoms with Gasteiger partial charge in [-0.1, -0.05) is 33.1 Å². The smallest absolute Gasteiger partial charge is 0.265 e. The van der Waals surface area contributed by atoms with Crippen LogP contribution >= 0.6 is 0 Å². The van der Waals surface area contributed by atoms with Crippen LogP contribution in [-0.4, -0.2) is 43.6 Å². The minimum atomic E-state index is -0.339. The second-order valence-corrected chi connectivity index (χ2v) is 7.90. The minimum Gasteiger partial charge on any atom is -0.482 e. The molecule has 1 aromatic rings. The van der Waals surface area contributed by atoms with Gasteiger partial charge in [-0.05, 0) is 49.9 Å². The Bertz CT molecular complexity index is 614. The Labute approximate surface area is 156 Å². The average molecular weight is 362 g/mol. The molecule has 4 nitrogen and oxygen atoms in total. The number of unbranched alkanes of at least 4 members (excludes halogenated alkanes) is 1. The van der Waals surface area contributed by atoms with Crippen LogP contribution in [0, 0.1) is 17.7 Å². The summed E-state index contributed by atoms with van der Waals surface area (Å²) in [5.74, 6) is 1.38. The molecular weight excluding hydrogens is 331 g/mol. The first-order valence-corrected chi connectivity index (χ1v) is 10.0. The lowest BCUT2D eigenvalue weighted by Gasteiger charge is -2.36. The third kappa shape index (κ3) is 4.76. The Morgan fingerprint density at radius 1 is 1.27 bits per heavy atom. The Balaban J connectivity index is 1.53. The van der Waals surface area contributed by atoms with Crippen molar-refractivity contribution in [1.29, 1.82) is 0 Å². The average Bonchev–Trinajstić information content (AvgIpc) is 2.63. The first kappa shape index (κ1) is 19.2. The number of nitrogens with zero attached hydrogens (tertiary/aromatic N) is 2. The van der Waals surface area contributed by atoms with Crippen molar-refractivity contribution in [3.63, 3.8) is 0 Å². The Kier molecular flexibility index (Phi) is 6.52. The molecule has 0 radical (unpaired) electrons. The Hall–Kier alpha value is -1.62. The van der Waals surface area contributed by atoms with Crippen molar-refractivity contribution in [3.05, 3.63) is 24.0 Å². The zero-order valence-electron chi connectivity index (χ0n) is 16.0. The second kappa shape index (κ2) is 8.85. The third-order valence-electron chi connectivity index (χ3n) is 5.60. The van der Waals surface area contributed by atoms with Crippen LogP contribution in [0.15, 0.2) is 18.2 Å². The molecule has 1 amide bonds. The van der Waals surface area contributed by atoms with Crippen molar-refractivity contribution in [1.82, 2.24) is 4.90 Å². The number of rotatable bonds is 7. The van der Waals surface area contributed by atoms with Gasteiger partial charge in [0.2, 0.25) is 0 Å². The Morgan fingerprint density at radius 3 is 2.77 bits per heavy atom. The fraction of sp³-hybridized carbons (Fsp3) is 0.667. The highest BCUT2D eigenvalue weighted by Gasteiger charge is 2.28. The van der Waals surface area contributed by atoms with E-state index in [1.54, 1.807) is 11.0 Å². The molecule has 2 heterocycles. The van der Waals surface area contributed by atoms with Crippen LogP contribution < -0.4 is 9.64 Å². The molecule has 0 spiro atoms. The molecule has 5 heteroatoms. The van der Waals surface area contributed by atoms with Gasteiger partial charge >= 0.3 is 0 Å². The highest BCUT2D eigenvalue weighted by Crippen LogP contribution is 2.33. The van der Waals surface area contributed by atoms with Gasteiger partial charge in [0.1, 0.15) is 11.6 Å². The summed E-state index contributed by atoms with van der Waals surface area (Å²) in [6.45, 7) is 8.36. The van der Waals surface area contributed by atoms with Gasteiger partial charge in [-0.3, -0.25) is 4.79 Å². The van der Waals surface area contributed by atoms with Crippen LogP contribution in [-0.2, 0) is 4.79 Å². The van der Waals surface area contributed by atoms with E-state index in [2.05, 4.69) is 18.7 Å². The van der Waals surface area contributed by atoms with Gasteiger partial charge < -0.3 is 14.5 Å². The number of carbonyl (C=O) groups is 1. The van der Waals surface area contributed by atoms with Gasteiger partial charge in [0, 0.05) is 19.2 Å². The first-order valence-electron chi connectivity index (χ1n) is 10.0. The zero-order valence-corrected chi connectivity index (χ0v) is 16.0. The summed E-state index contributed by atoms with van der Waals surface area (Å²) in [5, 5.41) is 0. The molecule has 3 rings (SSSR count). The summed E-state index contributed by atoms with van der Waals surface area (Å²) in [6, 6.07) is 4.38. The van der Waals surface area contributed by atoms with Crippen LogP contribution in [0.4, 0.5) is 10.1 Å². The number of hydrogen-bond donors (Lipinski definition) is 0. The number of anilines is 1. The molecule has 0 aromatic heterocycles. The van der Waals surface area contributed by atoms with Crippen molar-refractivity contribution in [2.45, 2.75) is 46.0 Å². The molecule has 0 aliphatic carbocycles. The molecule has 1 saturated heterocycles. The molecular formula is C21H31FN2O2. The van der Waals surface area contributed by atoms with E-state index in [9.17, 15) is 9.18 Å². The monoisotopic (exact) mass is 362 g/mol. The van der Waals surface area contributed by atoms with E-state index in [1.807, 2.05) is 0 Å². The van der Waals surface area contributed by atoms with Crippen LogP contribution in [0.25, 0.3) is 0 Å². The van der Waals surface area contributed by atoms with Gasteiger partial charge in [0.25, 0.3) is 5.91 Å². The fourth-order valence-corrected chi connectivity index (χ4v) is 4.14. The van der Waals surface area contributed by atoms with Crippen LogP contribution in [0.3, 0.4) is 0 Å². The van der Waals surface area contributed by atoms with E-state index in [-0.39, 0.29) is 18.3 Å². The third-order valence-corrected chi connectivity index (χ3v) is 5.60. The maximum absolute atomic E-state index is 13.6. The lowest BCUT2D eigenvalue weighted by molar-refractivity contribution is -0.121. The van der Waals surface area contributed by atoms with Gasteiger partial charge in [0.15, 0.2) is 6.61 Å². The highest BCUT2D eigenvalue weighted by molar-refractivity contribution is 5.97. The number of amides is 1. The predicted molar refractivity (Wildman–Crippen MR) is 102 cm³/mol. The van der Waals surface area contributed by atoms with E-state index < -0.39 is 0 Å². The molecule has 2 aliphatic heterocycles. The number of likely N-dealkylation sites (tertiary alicyclic amines) is 1. The minimum absolute atomic E-state index is 0.0359. The molecule has 144 valence electrons. The molecule has 0 N–H and O–H groups in total. The number of piperidine rings is 1. The van der Waals surface area contributed by atoms with Crippen LogP contribution in [0.5, 0.6) is 5.75 Å². The zero-order chi connectivity index (χ0) is 18.5. The number of benzene rings is 1. The number of carbonyl (C=O) groups excluding carboxylic acids is 1. The van der Waals surface area contributed by atoms with E-state index in [4.69, 9.17) is 4.74 Å². The van der Waals surface area contributed by atoms with Gasteiger partial charge in [-0.2, -0.15) is 0 Å². The van der Waals surface area contributed by atoms with Gasteiger partial charge in [-0.25, -0.2) is 4.39 Å². The number of ether oxygens (including phenoxy) is 1. The maximum Gasteiger partial charge on any atom is 0.265 e. The fourth-order valence-electron chi connectivity index (χ4n) is 4.14. The maximum atomic E-state index is 13.6. The van der Waals surface area contributed by atoms with Crippen molar-refractivity contribution in [2.75, 3.05) is 37.7 Å². The molecule has 1 unspecified atom stereocenters. The topological polar surface area (TPSA) is 32.8 Å². The van der Waals surface area contributed by atoms with E-state index >= 15 is 0 Å². The van der Waals surface area contributed by atoms with Crippen molar-refractivity contribution in [3.8, 4) is 5.75 Å². The van der Waals surface area contributed by atoms with Crippen LogP contribution in [0.2, 0.25) is 0 Å². The lowest BCUT2D eigenvalue weighted by atomic mass is 9.91. The summed E-state index contributed by atoms with van der Waals surface area (Å²) < 4.78 is 19.1. The van der Waals surface area contributed by atoms with Crippen LogP contribution in [0.1, 0.15) is 46.0 Å². The number of hydrogen-bond acceptors (Lipinski definition) is 3. The van der Waals surface area contributed by atoms with Crippen molar-refractivity contribution >= 4 is 11.6 Å². The number of halogens is 1. The standard InChI is InChI=1S/C21H31FN2O2/c1-3-4-5-17-8-10-23(11-9-17)13-16(2)14-24-19-12-18(22)6-7-20(19)26-15-21(24)25/h6-7,12,16-17H,3-5,8-11,13-15H2,1-2H3. The summed E-state index contributed by atoms with van der Waals surface area (Å²) in [4.78, 5) is 16.5. The van der Waals surface area contributed by atoms with E-state index in [0.717, 1.165) is 25.6 Å². The summed E-state index contributed by atoms with van der Waals surface area (Å²) in [6.07, 6.45) is 6.57. The quantitative estimate of drug-likeness (QED) is 0.732. The van der Waals surface area contributed by atoms with E-state index in [1.165, 1.54) is 44.2 Å². The van der Waals surface area contributed by atoms with Gasteiger partial charge in [0.05, 0.1) is 5.69 Å². The molecule has 1 atom stereocenters. The number of fused-ring (bicyclic) bond motifs is 1. The van der Waals surface area contributed by atoms with Gasteiger partial charge in [-0.15, -0.1) is 0 Å². The molecule has 2 aliphatic rings. The largest absolute Gasteiger partial charge is 0.482 e. The molecule has 1 fully saturated rings. The highest BCUT2D eigenvalue weighted by atomic mass is 19.1. The molecule has 0 saturated carbocycles. The van der Waals surface area contributed by atoms with Crippen molar-refractivity contribution in [2.24, 2.45) is 11.8 Å². The first-order chi connectivity index (χ1) is 12.6. The normalized spacial score (nSPS) is 20.0. The Morgan fingerprint density at radius 2 is 2.04 bits per heavy atom. The second-order valence-electron chi connectivity index (χ2n) is 7.90. The summed E-state index contributed by atoms with van der Waals surface area (Å²) >= 11 is 0.